The van der Waals surface area contributed by atoms with Crippen LogP contribution in [0.1, 0.15) is 19.1 Å². The van der Waals surface area contributed by atoms with Crippen molar-refractivity contribution >= 4 is 32.6 Å². The van der Waals surface area contributed by atoms with Crippen molar-refractivity contribution in [1.29, 1.82) is 0 Å². The molecule has 2 unspecified atom stereocenters. The molecule has 0 saturated carbocycles. The van der Waals surface area contributed by atoms with E-state index in [2.05, 4.69) is 26.0 Å². The Balaban J connectivity index is 1.78. The minimum absolute atomic E-state index is 0.0515. The molecule has 0 aliphatic carbocycles. The van der Waals surface area contributed by atoms with Crippen LogP contribution in [0, 0.1) is 0 Å². The molecule has 7 heteroatoms. The van der Waals surface area contributed by atoms with Crippen molar-refractivity contribution in [2.75, 3.05) is 6.61 Å². The zero-order valence-electron chi connectivity index (χ0n) is 12.8. The van der Waals surface area contributed by atoms with E-state index in [1.165, 1.54) is 0 Å². The van der Waals surface area contributed by atoms with Gasteiger partial charge in [-0.05, 0) is 36.4 Å². The quantitative estimate of drug-likeness (QED) is 0.616. The maximum absolute atomic E-state index is 9.37. The average Bonchev–Trinajstić information content (AvgIpc) is 3.37. The summed E-state index contributed by atoms with van der Waals surface area (Å²) in [7, 11) is 0. The molecule has 122 valence electrons. The summed E-state index contributed by atoms with van der Waals surface area (Å²) >= 11 is 1.66. The third-order valence-corrected chi connectivity index (χ3v) is 5.43. The van der Waals surface area contributed by atoms with Gasteiger partial charge in [0.05, 0.1) is 24.4 Å². The first-order valence-electron chi connectivity index (χ1n) is 7.89. The van der Waals surface area contributed by atoms with Gasteiger partial charge in [0, 0.05) is 5.39 Å². The number of furan rings is 1. The van der Waals surface area contributed by atoms with Gasteiger partial charge in [-0.1, -0.05) is 0 Å². The van der Waals surface area contributed by atoms with Crippen molar-refractivity contribution in [2.45, 2.75) is 25.2 Å². The molecule has 0 bridgehead atoms. The van der Waals surface area contributed by atoms with Gasteiger partial charge in [0.25, 0.3) is 0 Å². The van der Waals surface area contributed by atoms with Crippen molar-refractivity contribution in [2.24, 2.45) is 0 Å². The molecule has 1 saturated heterocycles. The van der Waals surface area contributed by atoms with Crippen molar-refractivity contribution in [3.05, 3.63) is 36.2 Å². The number of hydrogen-bond donors (Lipinski definition) is 1. The first-order chi connectivity index (χ1) is 11.9. The largest absolute Gasteiger partial charge is 0.463 e. The SMILES string of the molecule is OCC1CCC(n2c3ncnc(-c4ccco4)c3c3ccsc32)O1. The van der Waals surface area contributed by atoms with Gasteiger partial charge in [-0.2, -0.15) is 0 Å². The van der Waals surface area contributed by atoms with Crippen molar-refractivity contribution in [3.63, 3.8) is 0 Å². The number of ether oxygens (including phenoxy) is 1. The van der Waals surface area contributed by atoms with E-state index in [4.69, 9.17) is 9.15 Å². The Kier molecular flexibility index (Phi) is 3.19. The van der Waals surface area contributed by atoms with E-state index >= 15 is 0 Å². The van der Waals surface area contributed by atoms with Crippen LogP contribution >= 0.6 is 11.3 Å². The van der Waals surface area contributed by atoms with Crippen LogP contribution in [-0.2, 0) is 4.74 Å². The molecule has 2 atom stereocenters. The smallest absolute Gasteiger partial charge is 0.153 e. The van der Waals surface area contributed by atoms with E-state index in [0.29, 0.717) is 0 Å². The van der Waals surface area contributed by atoms with Gasteiger partial charge in [0.2, 0.25) is 0 Å². The standard InChI is InChI=1S/C17H15N3O3S/c21-8-10-3-4-13(23-10)20-16-14(11-5-7-24-17(11)20)15(18-9-19-16)12-2-1-6-22-12/h1-2,5-7,9-10,13,21H,3-4,8H2. The molecule has 1 aliphatic heterocycles. The molecule has 4 aromatic heterocycles. The molecule has 0 radical (unpaired) electrons. The van der Waals surface area contributed by atoms with Gasteiger partial charge >= 0.3 is 0 Å². The summed E-state index contributed by atoms with van der Waals surface area (Å²) in [5.74, 6) is 0.730. The molecule has 0 spiro atoms. The fraction of sp³-hybridized carbons (Fsp3) is 0.294. The lowest BCUT2D eigenvalue weighted by molar-refractivity contribution is -0.0183. The van der Waals surface area contributed by atoms with Crippen LogP contribution in [0.5, 0.6) is 0 Å². The number of fused-ring (bicyclic) bond motifs is 3. The second-order valence-corrected chi connectivity index (χ2v) is 6.77. The van der Waals surface area contributed by atoms with Crippen LogP contribution < -0.4 is 0 Å². The Morgan fingerprint density at radius 2 is 2.25 bits per heavy atom. The summed E-state index contributed by atoms with van der Waals surface area (Å²) in [6.45, 7) is 0.0515. The van der Waals surface area contributed by atoms with Gasteiger partial charge < -0.3 is 14.3 Å². The first kappa shape index (κ1) is 14.2. The van der Waals surface area contributed by atoms with E-state index < -0.39 is 0 Å². The number of aromatic nitrogens is 3. The van der Waals surface area contributed by atoms with E-state index in [9.17, 15) is 5.11 Å². The number of nitrogens with zero attached hydrogens (tertiary/aromatic N) is 3. The molecule has 24 heavy (non-hydrogen) atoms. The van der Waals surface area contributed by atoms with Crippen LogP contribution in [0.4, 0.5) is 0 Å². The molecule has 0 aromatic carbocycles. The molecule has 6 nitrogen and oxygen atoms in total. The highest BCUT2D eigenvalue weighted by Gasteiger charge is 2.30. The van der Waals surface area contributed by atoms with Gasteiger partial charge in [0.1, 0.15) is 28.7 Å². The van der Waals surface area contributed by atoms with E-state index in [0.717, 1.165) is 45.5 Å². The van der Waals surface area contributed by atoms with Crippen molar-refractivity contribution < 1.29 is 14.3 Å². The van der Waals surface area contributed by atoms with Gasteiger partial charge in [-0.25, -0.2) is 9.97 Å². The Morgan fingerprint density at radius 3 is 3.04 bits per heavy atom. The Hall–Kier alpha value is -2.22. The number of aliphatic hydroxyl groups is 1. The number of thiophene rings is 1. The highest BCUT2D eigenvalue weighted by atomic mass is 32.1. The number of rotatable bonds is 3. The Labute approximate surface area is 141 Å². The summed E-state index contributed by atoms with van der Waals surface area (Å²) < 4.78 is 13.7. The monoisotopic (exact) mass is 341 g/mol. The maximum atomic E-state index is 9.37. The summed E-state index contributed by atoms with van der Waals surface area (Å²) in [5, 5.41) is 13.5. The lowest BCUT2D eigenvalue weighted by Gasteiger charge is -2.15. The molecule has 1 fully saturated rings. The second-order valence-electron chi connectivity index (χ2n) is 5.88. The average molecular weight is 341 g/mol. The van der Waals surface area contributed by atoms with Crippen LogP contribution in [0.15, 0.2) is 40.6 Å². The molecular weight excluding hydrogens is 326 g/mol. The molecule has 1 aliphatic rings. The lowest BCUT2D eigenvalue weighted by atomic mass is 10.2. The summed E-state index contributed by atoms with van der Waals surface area (Å²) in [4.78, 5) is 10.1. The fourth-order valence-corrected chi connectivity index (χ4v) is 4.41. The van der Waals surface area contributed by atoms with E-state index in [-0.39, 0.29) is 18.9 Å². The highest BCUT2D eigenvalue weighted by molar-refractivity contribution is 7.17. The molecule has 0 amide bonds. The molecule has 4 aromatic rings. The Bertz CT molecular complexity index is 1010. The molecule has 5 heterocycles. The maximum Gasteiger partial charge on any atom is 0.153 e. The minimum atomic E-state index is -0.111. The topological polar surface area (TPSA) is 73.3 Å². The third-order valence-electron chi connectivity index (χ3n) is 4.52. The Morgan fingerprint density at radius 1 is 1.29 bits per heavy atom. The van der Waals surface area contributed by atoms with E-state index in [1.807, 2.05) is 12.1 Å². The minimum Gasteiger partial charge on any atom is -0.463 e. The van der Waals surface area contributed by atoms with Gasteiger partial charge in [0.15, 0.2) is 5.76 Å². The molecular formula is C17H15N3O3S. The summed E-state index contributed by atoms with van der Waals surface area (Å²) in [5.41, 5.74) is 1.64. The molecule has 1 N–H and O–H groups in total. The normalized spacial score (nSPS) is 21.2. The number of hydrogen-bond acceptors (Lipinski definition) is 6. The van der Waals surface area contributed by atoms with Crippen LogP contribution in [-0.4, -0.2) is 32.4 Å². The van der Waals surface area contributed by atoms with Crippen molar-refractivity contribution in [3.8, 4) is 11.5 Å². The zero-order valence-corrected chi connectivity index (χ0v) is 13.6. The fourth-order valence-electron chi connectivity index (χ4n) is 3.46. The van der Waals surface area contributed by atoms with Crippen molar-refractivity contribution in [1.82, 2.24) is 14.5 Å². The third kappa shape index (κ3) is 1.95. The summed E-state index contributed by atoms with van der Waals surface area (Å²) in [6.07, 6.45) is 4.72. The predicted molar refractivity (Wildman–Crippen MR) is 90.8 cm³/mol. The van der Waals surface area contributed by atoms with Crippen LogP contribution in [0.3, 0.4) is 0 Å². The summed E-state index contributed by atoms with van der Waals surface area (Å²) in [6, 6.07) is 5.86. The molecule has 5 rings (SSSR count). The van der Waals surface area contributed by atoms with Crippen LogP contribution in [0.2, 0.25) is 0 Å². The highest BCUT2D eigenvalue weighted by Crippen LogP contribution is 2.41. The first-order valence-corrected chi connectivity index (χ1v) is 8.77. The van der Waals surface area contributed by atoms with Crippen LogP contribution in [0.25, 0.3) is 32.7 Å². The second kappa shape index (κ2) is 5.41. The van der Waals surface area contributed by atoms with E-state index in [1.54, 1.807) is 23.9 Å². The number of aliphatic hydroxyl groups excluding tert-OH is 1. The van der Waals surface area contributed by atoms with Gasteiger partial charge in [-0.3, -0.25) is 4.57 Å². The lowest BCUT2D eigenvalue weighted by Crippen LogP contribution is -2.14. The zero-order chi connectivity index (χ0) is 16.1. The predicted octanol–water partition coefficient (Wildman–Crippen LogP) is 3.58. The van der Waals surface area contributed by atoms with Gasteiger partial charge in [-0.15, -0.1) is 11.3 Å².